The maximum Gasteiger partial charge on any atom is 0.273 e. The first kappa shape index (κ1) is 34.7. The standard InChI is InChI=1S/C37H49N5O4/c1-5-42(6-2)22-21-41(3)26-30-13-10-14-31(23-30)36(43)39-35-20-19-33(46-27-29-11-8-7-9-12-29)24-34(35)37(44)40-38-25-28-15-17-32(45-4)18-16-28/h10,13-20,23-25,29H,5-9,11-12,21-22,26-27H2,1-4H3,(H,39,43)(H,40,44)/b38-25+. The lowest BCUT2D eigenvalue weighted by molar-refractivity contribution is 0.0955. The summed E-state index contributed by atoms with van der Waals surface area (Å²) < 4.78 is 11.3. The molecule has 0 unspecified atom stereocenters. The highest BCUT2D eigenvalue weighted by Crippen LogP contribution is 2.27. The Labute approximate surface area is 274 Å². The fraction of sp³-hybridized carbons (Fsp3) is 0.432. The summed E-state index contributed by atoms with van der Waals surface area (Å²) in [6.45, 7) is 9.69. The summed E-state index contributed by atoms with van der Waals surface area (Å²) in [6.07, 6.45) is 7.62. The second-order valence-electron chi connectivity index (χ2n) is 11.9. The van der Waals surface area contributed by atoms with Gasteiger partial charge in [0.15, 0.2) is 0 Å². The average Bonchev–Trinajstić information content (AvgIpc) is 3.09. The average molecular weight is 628 g/mol. The summed E-state index contributed by atoms with van der Waals surface area (Å²) in [7, 11) is 3.70. The molecule has 1 aliphatic carbocycles. The van der Waals surface area contributed by atoms with Crippen molar-refractivity contribution in [3.8, 4) is 11.5 Å². The molecule has 2 amide bonds. The number of anilines is 1. The van der Waals surface area contributed by atoms with Crippen molar-refractivity contribution < 1.29 is 19.1 Å². The molecule has 2 N–H and O–H groups in total. The summed E-state index contributed by atoms with van der Waals surface area (Å²) in [5.41, 5.74) is 5.64. The maximum atomic E-state index is 13.5. The van der Waals surface area contributed by atoms with Crippen LogP contribution in [0.25, 0.3) is 0 Å². The Morgan fingerprint density at radius 2 is 1.65 bits per heavy atom. The molecule has 1 fully saturated rings. The molecule has 46 heavy (non-hydrogen) atoms. The van der Waals surface area contributed by atoms with Gasteiger partial charge in [-0.25, -0.2) is 5.43 Å². The molecule has 0 atom stereocenters. The van der Waals surface area contributed by atoms with Crippen LogP contribution in [0.1, 0.15) is 77.8 Å². The second-order valence-corrected chi connectivity index (χ2v) is 11.9. The van der Waals surface area contributed by atoms with Crippen molar-refractivity contribution in [2.75, 3.05) is 52.3 Å². The predicted octanol–water partition coefficient (Wildman–Crippen LogP) is 6.44. The van der Waals surface area contributed by atoms with Gasteiger partial charge in [0.1, 0.15) is 11.5 Å². The van der Waals surface area contributed by atoms with E-state index in [4.69, 9.17) is 9.47 Å². The smallest absolute Gasteiger partial charge is 0.273 e. The molecule has 1 aliphatic rings. The summed E-state index contributed by atoms with van der Waals surface area (Å²) >= 11 is 0. The van der Waals surface area contributed by atoms with Gasteiger partial charge in [0.2, 0.25) is 0 Å². The zero-order valence-corrected chi connectivity index (χ0v) is 27.8. The van der Waals surface area contributed by atoms with Gasteiger partial charge in [0.05, 0.1) is 31.2 Å². The lowest BCUT2D eigenvalue weighted by atomic mass is 9.90. The molecule has 0 aliphatic heterocycles. The van der Waals surface area contributed by atoms with E-state index >= 15 is 0 Å². The van der Waals surface area contributed by atoms with Gasteiger partial charge < -0.3 is 24.6 Å². The molecule has 0 aromatic heterocycles. The molecular weight excluding hydrogens is 578 g/mol. The molecule has 1 saturated carbocycles. The van der Waals surface area contributed by atoms with Gasteiger partial charge in [-0.2, -0.15) is 5.10 Å². The van der Waals surface area contributed by atoms with Crippen molar-refractivity contribution in [1.29, 1.82) is 0 Å². The molecule has 0 bridgehead atoms. The number of likely N-dealkylation sites (N-methyl/N-ethyl adjacent to an activating group) is 2. The number of carbonyl (C=O) groups excluding carboxylic acids is 2. The number of rotatable bonds is 16. The zero-order valence-electron chi connectivity index (χ0n) is 27.8. The minimum atomic E-state index is -0.452. The Morgan fingerprint density at radius 3 is 2.37 bits per heavy atom. The lowest BCUT2D eigenvalue weighted by Gasteiger charge is -2.23. The maximum absolute atomic E-state index is 13.5. The highest BCUT2D eigenvalue weighted by Gasteiger charge is 2.18. The highest BCUT2D eigenvalue weighted by molar-refractivity contribution is 6.09. The van der Waals surface area contributed by atoms with E-state index in [9.17, 15) is 9.59 Å². The minimum absolute atomic E-state index is 0.272. The van der Waals surface area contributed by atoms with Crippen molar-refractivity contribution in [2.24, 2.45) is 11.0 Å². The third-order valence-corrected chi connectivity index (χ3v) is 8.52. The molecule has 0 saturated heterocycles. The molecule has 4 rings (SSSR count). The SMILES string of the molecule is CCN(CC)CCN(C)Cc1cccc(C(=O)Nc2ccc(OCC3CCCCC3)cc2C(=O)N/N=C/c2ccc(OC)cc2)c1. The van der Waals surface area contributed by atoms with Crippen LogP contribution in [0, 0.1) is 5.92 Å². The van der Waals surface area contributed by atoms with Crippen LogP contribution >= 0.6 is 0 Å². The van der Waals surface area contributed by atoms with Crippen molar-refractivity contribution in [2.45, 2.75) is 52.5 Å². The lowest BCUT2D eigenvalue weighted by Crippen LogP contribution is -2.32. The predicted molar refractivity (Wildman–Crippen MR) is 185 cm³/mol. The van der Waals surface area contributed by atoms with Gasteiger partial charge >= 0.3 is 0 Å². The van der Waals surface area contributed by atoms with Crippen LogP contribution in [-0.4, -0.2) is 74.8 Å². The monoisotopic (exact) mass is 627 g/mol. The fourth-order valence-corrected chi connectivity index (χ4v) is 5.64. The first-order valence-corrected chi connectivity index (χ1v) is 16.4. The molecule has 3 aromatic carbocycles. The van der Waals surface area contributed by atoms with E-state index in [0.717, 1.165) is 62.4 Å². The van der Waals surface area contributed by atoms with Crippen molar-refractivity contribution >= 4 is 23.7 Å². The second kappa shape index (κ2) is 18.1. The molecule has 9 nitrogen and oxygen atoms in total. The van der Waals surface area contributed by atoms with Gasteiger partial charge in [-0.1, -0.05) is 45.2 Å². The van der Waals surface area contributed by atoms with E-state index < -0.39 is 5.91 Å². The Hall–Kier alpha value is -4.21. The first-order chi connectivity index (χ1) is 22.4. The molecule has 0 spiro atoms. The van der Waals surface area contributed by atoms with Crippen LogP contribution in [0.2, 0.25) is 0 Å². The van der Waals surface area contributed by atoms with Gasteiger partial charge in [0.25, 0.3) is 11.8 Å². The minimum Gasteiger partial charge on any atom is -0.497 e. The molecule has 0 radical (unpaired) electrons. The quantitative estimate of drug-likeness (QED) is 0.140. The van der Waals surface area contributed by atoms with E-state index in [0.29, 0.717) is 29.5 Å². The van der Waals surface area contributed by atoms with Crippen molar-refractivity contribution in [3.63, 3.8) is 0 Å². The summed E-state index contributed by atoms with van der Waals surface area (Å²) in [5.74, 6) is 1.09. The number of amides is 2. The first-order valence-electron chi connectivity index (χ1n) is 16.4. The fourth-order valence-electron chi connectivity index (χ4n) is 5.64. The zero-order chi connectivity index (χ0) is 32.7. The normalized spacial score (nSPS) is 13.7. The van der Waals surface area contributed by atoms with E-state index in [-0.39, 0.29) is 11.5 Å². The number of benzene rings is 3. The van der Waals surface area contributed by atoms with E-state index in [1.165, 1.54) is 19.3 Å². The number of hydrazone groups is 1. The molecular formula is C37H49N5O4. The number of hydrogen-bond acceptors (Lipinski definition) is 7. The van der Waals surface area contributed by atoms with Crippen LogP contribution in [-0.2, 0) is 6.54 Å². The van der Waals surface area contributed by atoms with Crippen LogP contribution in [0.15, 0.2) is 71.8 Å². The van der Waals surface area contributed by atoms with Gasteiger partial charge in [-0.15, -0.1) is 0 Å². The number of nitrogens with one attached hydrogen (secondary N) is 2. The van der Waals surface area contributed by atoms with E-state index in [1.807, 2.05) is 42.5 Å². The van der Waals surface area contributed by atoms with Crippen LogP contribution in [0.4, 0.5) is 5.69 Å². The van der Waals surface area contributed by atoms with E-state index in [2.05, 4.69) is 46.5 Å². The van der Waals surface area contributed by atoms with Crippen LogP contribution < -0.4 is 20.2 Å². The van der Waals surface area contributed by atoms with Crippen LogP contribution in [0.5, 0.6) is 11.5 Å². The van der Waals surface area contributed by atoms with Crippen LogP contribution in [0.3, 0.4) is 0 Å². The summed E-state index contributed by atoms with van der Waals surface area (Å²) in [4.78, 5) is 31.5. The van der Waals surface area contributed by atoms with Gasteiger partial charge in [-0.05, 0) is 105 Å². The number of nitrogens with zero attached hydrogens (tertiary/aromatic N) is 3. The van der Waals surface area contributed by atoms with Gasteiger partial charge in [0, 0.05) is 25.2 Å². The Bertz CT molecular complexity index is 1430. The summed E-state index contributed by atoms with van der Waals surface area (Å²) in [6, 6.07) is 20.2. The third kappa shape index (κ3) is 10.7. The van der Waals surface area contributed by atoms with Crippen molar-refractivity contribution in [1.82, 2.24) is 15.2 Å². The number of carbonyl (C=O) groups is 2. The number of hydrogen-bond donors (Lipinski definition) is 2. The molecule has 246 valence electrons. The Balaban J connectivity index is 1.46. The van der Waals surface area contributed by atoms with E-state index in [1.54, 1.807) is 37.6 Å². The Kier molecular flexibility index (Phi) is 13.6. The molecule has 0 heterocycles. The van der Waals surface area contributed by atoms with Gasteiger partial charge in [-0.3, -0.25) is 9.59 Å². The topological polar surface area (TPSA) is 95.5 Å². The number of methoxy groups -OCH3 is 1. The van der Waals surface area contributed by atoms with Crippen molar-refractivity contribution in [3.05, 3.63) is 89.0 Å². The largest absolute Gasteiger partial charge is 0.497 e. The Morgan fingerprint density at radius 1 is 0.913 bits per heavy atom. The molecule has 3 aromatic rings. The highest BCUT2D eigenvalue weighted by atomic mass is 16.5. The third-order valence-electron chi connectivity index (χ3n) is 8.52. The summed E-state index contributed by atoms with van der Waals surface area (Å²) in [5, 5.41) is 7.11. The molecule has 9 heteroatoms. The number of ether oxygens (including phenoxy) is 2.